The molecule has 3 rings (SSSR count). The van der Waals surface area contributed by atoms with E-state index in [-0.39, 0.29) is 11.6 Å². The molecule has 1 saturated heterocycles. The third-order valence-electron chi connectivity index (χ3n) is 3.69. The van der Waals surface area contributed by atoms with E-state index < -0.39 is 0 Å². The average molecular weight is 259 g/mol. The minimum absolute atomic E-state index is 0.0180. The van der Waals surface area contributed by atoms with Crippen molar-refractivity contribution in [3.63, 3.8) is 0 Å². The maximum absolute atomic E-state index is 12.2. The van der Waals surface area contributed by atoms with Gasteiger partial charge >= 0.3 is 0 Å². The summed E-state index contributed by atoms with van der Waals surface area (Å²) in [4.78, 5) is 16.5. The molecule has 0 aromatic carbocycles. The van der Waals surface area contributed by atoms with E-state index in [0.717, 1.165) is 29.4 Å². The first kappa shape index (κ1) is 12.2. The third kappa shape index (κ3) is 2.10. The lowest BCUT2D eigenvalue weighted by atomic mass is 10.1. The Labute approximate surface area is 111 Å². The second-order valence-corrected chi connectivity index (χ2v) is 4.95. The van der Waals surface area contributed by atoms with Crippen LogP contribution in [0.4, 0.5) is 5.82 Å². The quantitative estimate of drug-likeness (QED) is 0.845. The number of aromatic nitrogens is 2. The van der Waals surface area contributed by atoms with E-state index >= 15 is 0 Å². The summed E-state index contributed by atoms with van der Waals surface area (Å²) in [6.45, 7) is 3.32. The number of rotatable bonds is 1. The molecular formula is C14H17N3O2. The van der Waals surface area contributed by atoms with Crippen molar-refractivity contribution in [3.8, 4) is 0 Å². The van der Waals surface area contributed by atoms with Crippen LogP contribution in [-0.2, 0) is 4.74 Å². The number of fused-ring (bicyclic) bond motifs is 1. The van der Waals surface area contributed by atoms with Gasteiger partial charge in [0.2, 0.25) is 0 Å². The summed E-state index contributed by atoms with van der Waals surface area (Å²) in [6, 6.07) is 5.42. The van der Waals surface area contributed by atoms with Gasteiger partial charge in [-0.25, -0.2) is 4.98 Å². The number of hydrogen-bond acceptors (Lipinski definition) is 4. The van der Waals surface area contributed by atoms with Gasteiger partial charge in [0.25, 0.3) is 5.56 Å². The Kier molecular flexibility index (Phi) is 2.98. The average Bonchev–Trinajstić information content (AvgIpc) is 2.39. The number of nitrogens with zero attached hydrogens (tertiary/aromatic N) is 2. The van der Waals surface area contributed by atoms with Gasteiger partial charge in [-0.2, -0.15) is 0 Å². The zero-order valence-corrected chi connectivity index (χ0v) is 10.9. The number of pyridine rings is 2. The van der Waals surface area contributed by atoms with E-state index in [1.165, 1.54) is 0 Å². The smallest absolute Gasteiger partial charge is 0.251 e. The number of anilines is 1. The maximum atomic E-state index is 12.2. The molecular weight excluding hydrogens is 242 g/mol. The van der Waals surface area contributed by atoms with Crippen molar-refractivity contribution in [1.29, 1.82) is 0 Å². The highest BCUT2D eigenvalue weighted by molar-refractivity contribution is 5.83. The Morgan fingerprint density at radius 1 is 1.37 bits per heavy atom. The van der Waals surface area contributed by atoms with Crippen molar-refractivity contribution < 1.29 is 4.74 Å². The van der Waals surface area contributed by atoms with Gasteiger partial charge in [-0.1, -0.05) is 0 Å². The molecule has 100 valence electrons. The highest BCUT2D eigenvalue weighted by Gasteiger charge is 2.19. The Morgan fingerprint density at radius 2 is 2.11 bits per heavy atom. The summed E-state index contributed by atoms with van der Waals surface area (Å²) < 4.78 is 7.22. The molecule has 2 aromatic heterocycles. The fourth-order valence-corrected chi connectivity index (χ4v) is 2.77. The summed E-state index contributed by atoms with van der Waals surface area (Å²) >= 11 is 0. The van der Waals surface area contributed by atoms with Gasteiger partial charge in [0, 0.05) is 42.5 Å². The van der Waals surface area contributed by atoms with E-state index in [1.807, 2.05) is 17.6 Å². The van der Waals surface area contributed by atoms with Crippen LogP contribution in [0.5, 0.6) is 0 Å². The fourth-order valence-electron chi connectivity index (χ4n) is 2.77. The molecule has 0 bridgehead atoms. The van der Waals surface area contributed by atoms with Gasteiger partial charge in [-0.05, 0) is 25.8 Å². The maximum Gasteiger partial charge on any atom is 0.251 e. The second kappa shape index (κ2) is 4.66. The van der Waals surface area contributed by atoms with Crippen molar-refractivity contribution in [2.75, 3.05) is 18.9 Å². The lowest BCUT2D eigenvalue weighted by Crippen LogP contribution is -2.29. The van der Waals surface area contributed by atoms with Crippen molar-refractivity contribution in [3.05, 3.63) is 34.2 Å². The summed E-state index contributed by atoms with van der Waals surface area (Å²) in [6.07, 6.45) is 1.72. The predicted molar refractivity (Wildman–Crippen MR) is 74.2 cm³/mol. The zero-order chi connectivity index (χ0) is 13.4. The number of nitrogen functional groups attached to an aromatic ring is 1. The highest BCUT2D eigenvalue weighted by Crippen LogP contribution is 2.25. The Balaban J connectivity index is 2.26. The van der Waals surface area contributed by atoms with Crippen LogP contribution in [0.25, 0.3) is 10.9 Å². The molecule has 0 unspecified atom stereocenters. The van der Waals surface area contributed by atoms with Crippen LogP contribution in [0.3, 0.4) is 0 Å². The van der Waals surface area contributed by atoms with Gasteiger partial charge in [-0.15, -0.1) is 0 Å². The second-order valence-electron chi connectivity index (χ2n) is 4.95. The van der Waals surface area contributed by atoms with Gasteiger partial charge < -0.3 is 15.0 Å². The molecule has 0 saturated carbocycles. The first-order valence-electron chi connectivity index (χ1n) is 6.53. The van der Waals surface area contributed by atoms with Crippen molar-refractivity contribution in [2.45, 2.75) is 25.8 Å². The number of hydrogen-bond donors (Lipinski definition) is 1. The van der Waals surface area contributed by atoms with E-state index in [2.05, 4.69) is 4.98 Å². The van der Waals surface area contributed by atoms with Crippen LogP contribution in [0.2, 0.25) is 0 Å². The molecule has 0 atom stereocenters. The molecule has 0 amide bonds. The molecule has 1 fully saturated rings. The SMILES string of the molecule is Cc1nc(N)cc2c1ccc(=O)n2C1CCOCC1. The highest BCUT2D eigenvalue weighted by atomic mass is 16.5. The van der Waals surface area contributed by atoms with Crippen LogP contribution in [0.15, 0.2) is 23.0 Å². The van der Waals surface area contributed by atoms with E-state index in [0.29, 0.717) is 19.0 Å². The minimum Gasteiger partial charge on any atom is -0.384 e. The lowest BCUT2D eigenvalue weighted by Gasteiger charge is -2.25. The summed E-state index contributed by atoms with van der Waals surface area (Å²) in [5, 5.41) is 0.986. The first-order valence-corrected chi connectivity index (χ1v) is 6.53. The molecule has 0 spiro atoms. The van der Waals surface area contributed by atoms with Crippen LogP contribution >= 0.6 is 0 Å². The molecule has 0 radical (unpaired) electrons. The molecule has 2 N–H and O–H groups in total. The Bertz CT molecular complexity index is 672. The minimum atomic E-state index is 0.0180. The van der Waals surface area contributed by atoms with E-state index in [1.54, 1.807) is 12.1 Å². The molecule has 2 aromatic rings. The van der Waals surface area contributed by atoms with Crippen molar-refractivity contribution >= 4 is 16.7 Å². The van der Waals surface area contributed by atoms with Crippen LogP contribution < -0.4 is 11.3 Å². The van der Waals surface area contributed by atoms with E-state index in [4.69, 9.17) is 10.5 Å². The zero-order valence-electron chi connectivity index (χ0n) is 10.9. The molecule has 3 heterocycles. The molecule has 19 heavy (non-hydrogen) atoms. The molecule has 1 aliphatic heterocycles. The Morgan fingerprint density at radius 3 is 2.84 bits per heavy atom. The van der Waals surface area contributed by atoms with Gasteiger partial charge in [-0.3, -0.25) is 4.79 Å². The first-order chi connectivity index (χ1) is 9.16. The molecule has 0 aliphatic carbocycles. The fraction of sp³-hybridized carbons (Fsp3) is 0.429. The standard InChI is InChI=1S/C14H17N3O2/c1-9-11-2-3-14(18)17(10-4-6-19-7-5-10)12(11)8-13(15)16-9/h2-3,8,10H,4-7H2,1H3,(H2,15,16). The number of nitrogens with two attached hydrogens (primary N) is 1. The normalized spacial score (nSPS) is 16.9. The topological polar surface area (TPSA) is 70.1 Å². The number of ether oxygens (including phenoxy) is 1. The molecule has 1 aliphatic rings. The summed E-state index contributed by atoms with van der Waals surface area (Å²) in [5.74, 6) is 0.455. The van der Waals surface area contributed by atoms with Gasteiger partial charge in [0.1, 0.15) is 5.82 Å². The van der Waals surface area contributed by atoms with Crippen molar-refractivity contribution in [2.24, 2.45) is 0 Å². The van der Waals surface area contributed by atoms with Crippen LogP contribution in [-0.4, -0.2) is 22.8 Å². The van der Waals surface area contributed by atoms with E-state index in [9.17, 15) is 4.79 Å². The van der Waals surface area contributed by atoms with Crippen LogP contribution in [0, 0.1) is 6.92 Å². The lowest BCUT2D eigenvalue weighted by molar-refractivity contribution is 0.0698. The monoisotopic (exact) mass is 259 g/mol. The summed E-state index contributed by atoms with van der Waals surface area (Å²) in [5.41, 5.74) is 7.58. The van der Waals surface area contributed by atoms with Crippen LogP contribution in [0.1, 0.15) is 24.6 Å². The van der Waals surface area contributed by atoms with Gasteiger partial charge in [0.15, 0.2) is 0 Å². The van der Waals surface area contributed by atoms with Crippen molar-refractivity contribution in [1.82, 2.24) is 9.55 Å². The number of aryl methyl sites for hydroxylation is 1. The Hall–Kier alpha value is -1.88. The van der Waals surface area contributed by atoms with Gasteiger partial charge in [0.05, 0.1) is 5.52 Å². The molecule has 5 nitrogen and oxygen atoms in total. The predicted octanol–water partition coefficient (Wildman–Crippen LogP) is 1.64. The molecule has 5 heteroatoms. The largest absolute Gasteiger partial charge is 0.384 e. The third-order valence-corrected chi connectivity index (χ3v) is 3.69. The summed E-state index contributed by atoms with van der Waals surface area (Å²) in [7, 11) is 0.